The molecule has 0 amide bonds. The zero-order valence-electron chi connectivity index (χ0n) is 13.1. The van der Waals surface area contributed by atoms with Crippen LogP contribution in [0.5, 0.6) is 0 Å². The van der Waals surface area contributed by atoms with E-state index < -0.39 is 0 Å². The Hall–Kier alpha value is -0.450. The van der Waals surface area contributed by atoms with E-state index in [4.69, 9.17) is 0 Å². The topological polar surface area (TPSA) is 28.2 Å². The van der Waals surface area contributed by atoms with Crippen molar-refractivity contribution in [2.24, 2.45) is 11.3 Å². The maximum absolute atomic E-state index is 4.36. The Morgan fingerprint density at radius 3 is 2.74 bits per heavy atom. The summed E-state index contributed by atoms with van der Waals surface area (Å²) < 4.78 is 0. The Labute approximate surface area is 122 Å². The Balaban J connectivity index is 2.40. The minimum absolute atomic E-state index is 0.333. The molecule has 19 heavy (non-hydrogen) atoms. The number of thiazole rings is 1. The van der Waals surface area contributed by atoms with Crippen LogP contribution in [0.3, 0.4) is 0 Å². The van der Waals surface area contributed by atoms with Crippen LogP contribution in [-0.4, -0.2) is 36.6 Å². The summed E-state index contributed by atoms with van der Waals surface area (Å²) in [5.41, 5.74) is 3.42. The normalized spacial score (nSPS) is 15.1. The number of aromatic nitrogens is 1. The van der Waals surface area contributed by atoms with E-state index in [-0.39, 0.29) is 0 Å². The minimum atomic E-state index is 0.333. The predicted molar refractivity (Wildman–Crippen MR) is 84.6 cm³/mol. The summed E-state index contributed by atoms with van der Waals surface area (Å²) in [7, 11) is 2.19. The second-order valence-electron chi connectivity index (χ2n) is 6.34. The van der Waals surface area contributed by atoms with Gasteiger partial charge in [-0.3, -0.25) is 4.90 Å². The molecular formula is C15H29N3S. The molecule has 1 atom stereocenters. The van der Waals surface area contributed by atoms with Crippen LogP contribution >= 0.6 is 11.3 Å². The lowest BCUT2D eigenvalue weighted by atomic mass is 9.86. The molecule has 0 fully saturated rings. The van der Waals surface area contributed by atoms with Crippen LogP contribution in [0.15, 0.2) is 10.9 Å². The van der Waals surface area contributed by atoms with Gasteiger partial charge in [0.15, 0.2) is 0 Å². The van der Waals surface area contributed by atoms with Crippen molar-refractivity contribution in [2.75, 3.05) is 26.7 Å². The van der Waals surface area contributed by atoms with Crippen LogP contribution in [-0.2, 0) is 6.54 Å². The predicted octanol–water partition coefficient (Wildman–Crippen LogP) is 3.24. The Morgan fingerprint density at radius 2 is 2.21 bits per heavy atom. The van der Waals surface area contributed by atoms with Gasteiger partial charge in [-0.05, 0) is 31.3 Å². The third-order valence-electron chi connectivity index (χ3n) is 3.52. The summed E-state index contributed by atoms with van der Waals surface area (Å²) in [6.07, 6.45) is 1.19. The first-order chi connectivity index (χ1) is 8.95. The van der Waals surface area contributed by atoms with Crippen LogP contribution in [0.4, 0.5) is 0 Å². The van der Waals surface area contributed by atoms with Crippen LogP contribution in [0.2, 0.25) is 0 Å². The molecule has 0 radical (unpaired) electrons. The van der Waals surface area contributed by atoms with Crippen molar-refractivity contribution in [3.8, 4) is 0 Å². The molecule has 1 unspecified atom stereocenters. The van der Waals surface area contributed by atoms with Gasteiger partial charge in [0.2, 0.25) is 0 Å². The molecule has 0 aliphatic heterocycles. The van der Waals surface area contributed by atoms with Gasteiger partial charge in [-0.25, -0.2) is 4.98 Å². The molecule has 0 spiro atoms. The van der Waals surface area contributed by atoms with Gasteiger partial charge in [-0.15, -0.1) is 11.3 Å². The number of hydrogen-bond donors (Lipinski definition) is 1. The molecule has 110 valence electrons. The molecule has 0 saturated carbocycles. The van der Waals surface area contributed by atoms with Gasteiger partial charge < -0.3 is 5.32 Å². The Bertz CT molecular complexity index is 337. The Morgan fingerprint density at radius 1 is 1.47 bits per heavy atom. The lowest BCUT2D eigenvalue weighted by Gasteiger charge is -2.33. The summed E-state index contributed by atoms with van der Waals surface area (Å²) in [5.74, 6) is 0.717. The molecule has 0 aromatic carbocycles. The monoisotopic (exact) mass is 283 g/mol. The standard InChI is InChI=1S/C15H29N3S/c1-6-15(4,10-16-7-13(2)3)11-18(5)8-14-9-19-12-17-14/h9,12-13,16H,6-8,10-11H2,1-5H3. The van der Waals surface area contributed by atoms with E-state index in [1.807, 2.05) is 5.51 Å². The fraction of sp³-hybridized carbons (Fsp3) is 0.800. The average Bonchev–Trinajstić information content (AvgIpc) is 2.81. The van der Waals surface area contributed by atoms with Gasteiger partial charge >= 0.3 is 0 Å². The minimum Gasteiger partial charge on any atom is -0.316 e. The van der Waals surface area contributed by atoms with E-state index in [1.165, 1.54) is 12.1 Å². The molecule has 1 N–H and O–H groups in total. The molecular weight excluding hydrogens is 254 g/mol. The highest BCUT2D eigenvalue weighted by molar-refractivity contribution is 7.07. The third-order valence-corrected chi connectivity index (χ3v) is 4.16. The number of rotatable bonds is 9. The van der Waals surface area contributed by atoms with Gasteiger partial charge in [0.05, 0.1) is 11.2 Å². The highest BCUT2D eigenvalue weighted by Crippen LogP contribution is 2.22. The molecule has 3 nitrogen and oxygen atoms in total. The summed E-state index contributed by atoms with van der Waals surface area (Å²) in [6, 6.07) is 0. The maximum atomic E-state index is 4.36. The highest BCUT2D eigenvalue weighted by atomic mass is 32.1. The first kappa shape index (κ1) is 16.6. The van der Waals surface area contributed by atoms with Gasteiger partial charge in [0.1, 0.15) is 0 Å². The highest BCUT2D eigenvalue weighted by Gasteiger charge is 2.23. The summed E-state index contributed by atoms with van der Waals surface area (Å²) in [5, 5.41) is 5.74. The van der Waals surface area contributed by atoms with Gasteiger partial charge in [-0.2, -0.15) is 0 Å². The molecule has 0 bridgehead atoms. The fourth-order valence-electron chi connectivity index (χ4n) is 2.26. The zero-order chi connectivity index (χ0) is 14.3. The fourth-order valence-corrected chi connectivity index (χ4v) is 2.80. The average molecular weight is 283 g/mol. The molecule has 1 aromatic heterocycles. The number of nitrogens with one attached hydrogen (secondary N) is 1. The zero-order valence-corrected chi connectivity index (χ0v) is 13.9. The quantitative estimate of drug-likeness (QED) is 0.754. The van der Waals surface area contributed by atoms with E-state index >= 15 is 0 Å². The molecule has 0 saturated heterocycles. The van der Waals surface area contributed by atoms with Crippen molar-refractivity contribution < 1.29 is 0 Å². The van der Waals surface area contributed by atoms with E-state index in [0.717, 1.165) is 26.2 Å². The van der Waals surface area contributed by atoms with Crippen molar-refractivity contribution in [2.45, 2.75) is 40.7 Å². The molecule has 4 heteroatoms. The molecule has 1 rings (SSSR count). The summed E-state index contributed by atoms with van der Waals surface area (Å²) in [4.78, 5) is 6.74. The largest absolute Gasteiger partial charge is 0.316 e. The first-order valence-corrected chi connectivity index (χ1v) is 8.16. The van der Waals surface area contributed by atoms with Crippen molar-refractivity contribution in [3.05, 3.63) is 16.6 Å². The van der Waals surface area contributed by atoms with Crippen LogP contribution in [0.25, 0.3) is 0 Å². The smallest absolute Gasteiger partial charge is 0.0795 e. The number of hydrogen-bond acceptors (Lipinski definition) is 4. The van der Waals surface area contributed by atoms with E-state index in [0.29, 0.717) is 11.3 Å². The first-order valence-electron chi connectivity index (χ1n) is 7.21. The summed E-state index contributed by atoms with van der Waals surface area (Å²) >= 11 is 1.67. The summed E-state index contributed by atoms with van der Waals surface area (Å²) in [6.45, 7) is 13.4. The van der Waals surface area contributed by atoms with E-state index in [1.54, 1.807) is 11.3 Å². The third kappa shape index (κ3) is 6.50. The lowest BCUT2D eigenvalue weighted by Crippen LogP contribution is -2.41. The van der Waals surface area contributed by atoms with Gasteiger partial charge in [0, 0.05) is 25.0 Å². The van der Waals surface area contributed by atoms with Crippen molar-refractivity contribution in [3.63, 3.8) is 0 Å². The van der Waals surface area contributed by atoms with Crippen molar-refractivity contribution in [1.82, 2.24) is 15.2 Å². The SMILES string of the molecule is CCC(C)(CNCC(C)C)CN(C)Cc1cscn1. The van der Waals surface area contributed by atoms with E-state index in [9.17, 15) is 0 Å². The second-order valence-corrected chi connectivity index (χ2v) is 7.06. The molecule has 1 aromatic rings. The molecule has 0 aliphatic rings. The van der Waals surface area contributed by atoms with E-state index in [2.05, 4.69) is 55.3 Å². The molecule has 1 heterocycles. The van der Waals surface area contributed by atoms with Crippen LogP contribution < -0.4 is 5.32 Å². The van der Waals surface area contributed by atoms with Crippen LogP contribution in [0, 0.1) is 11.3 Å². The second kappa shape index (κ2) is 7.98. The Kier molecular flexibility index (Phi) is 6.97. The van der Waals surface area contributed by atoms with Crippen molar-refractivity contribution >= 4 is 11.3 Å². The molecule has 0 aliphatic carbocycles. The lowest BCUT2D eigenvalue weighted by molar-refractivity contribution is 0.173. The van der Waals surface area contributed by atoms with Gasteiger partial charge in [0.25, 0.3) is 0 Å². The number of nitrogens with zero attached hydrogens (tertiary/aromatic N) is 2. The maximum Gasteiger partial charge on any atom is 0.0795 e. The van der Waals surface area contributed by atoms with Crippen LogP contribution in [0.1, 0.15) is 39.8 Å². The van der Waals surface area contributed by atoms with Gasteiger partial charge in [-0.1, -0.05) is 27.7 Å². The van der Waals surface area contributed by atoms with Crippen molar-refractivity contribution in [1.29, 1.82) is 0 Å².